The fourth-order valence-corrected chi connectivity index (χ4v) is 4.63. The Hall–Kier alpha value is -3.32. The summed E-state index contributed by atoms with van der Waals surface area (Å²) in [6, 6.07) is 19.8. The van der Waals surface area contributed by atoms with Gasteiger partial charge in [-0.1, -0.05) is 55.5 Å². The summed E-state index contributed by atoms with van der Waals surface area (Å²) in [5.41, 5.74) is 4.41. The number of fused-ring (bicyclic) bond motifs is 3. The number of phenols is 1. The molecule has 0 atom stereocenters. The zero-order valence-electron chi connectivity index (χ0n) is 16.3. The first-order valence-electron chi connectivity index (χ1n) is 9.58. The number of anilines is 1. The second-order valence-corrected chi connectivity index (χ2v) is 9.31. The summed E-state index contributed by atoms with van der Waals surface area (Å²) in [6.07, 6.45) is -0.766. The molecule has 0 heterocycles. The zero-order chi connectivity index (χ0) is 21.3. The molecule has 0 spiro atoms. The van der Waals surface area contributed by atoms with Crippen molar-refractivity contribution in [2.24, 2.45) is 0 Å². The lowest BCUT2D eigenvalue weighted by molar-refractivity contribution is 0.158. The van der Waals surface area contributed by atoms with E-state index < -0.39 is 15.9 Å². The maximum atomic E-state index is 12.4. The minimum Gasteiger partial charge on any atom is -0.506 e. The molecule has 3 aromatic carbocycles. The highest BCUT2D eigenvalue weighted by molar-refractivity contribution is 7.91. The van der Waals surface area contributed by atoms with Gasteiger partial charge in [0.25, 0.3) is 0 Å². The number of carbonyl (C=O) groups excluding carboxylic acids is 1. The lowest BCUT2D eigenvalue weighted by Crippen LogP contribution is -2.18. The van der Waals surface area contributed by atoms with E-state index in [4.69, 9.17) is 4.74 Å². The van der Waals surface area contributed by atoms with E-state index in [9.17, 15) is 18.3 Å². The van der Waals surface area contributed by atoms with Crippen LogP contribution in [0.15, 0.2) is 71.6 Å². The summed E-state index contributed by atoms with van der Waals surface area (Å²) in [4.78, 5) is 12.4. The second kappa shape index (κ2) is 7.84. The highest BCUT2D eigenvalue weighted by Crippen LogP contribution is 2.44. The van der Waals surface area contributed by atoms with Crippen LogP contribution in [-0.2, 0) is 14.6 Å². The molecule has 0 aromatic heterocycles. The van der Waals surface area contributed by atoms with Gasteiger partial charge in [-0.25, -0.2) is 13.2 Å². The largest absolute Gasteiger partial charge is 0.506 e. The van der Waals surface area contributed by atoms with Gasteiger partial charge in [0.15, 0.2) is 9.84 Å². The first-order valence-corrected chi connectivity index (χ1v) is 11.2. The average molecular weight is 423 g/mol. The Morgan fingerprint density at radius 1 is 1.00 bits per heavy atom. The molecule has 0 radical (unpaired) electrons. The van der Waals surface area contributed by atoms with Gasteiger partial charge < -0.3 is 9.84 Å². The van der Waals surface area contributed by atoms with Crippen LogP contribution in [0.5, 0.6) is 5.75 Å². The van der Waals surface area contributed by atoms with Gasteiger partial charge in [-0.2, -0.15) is 0 Å². The van der Waals surface area contributed by atoms with E-state index in [1.165, 1.54) is 25.1 Å². The maximum absolute atomic E-state index is 12.4. The molecule has 30 heavy (non-hydrogen) atoms. The number of benzene rings is 3. The van der Waals surface area contributed by atoms with Crippen LogP contribution in [0.4, 0.5) is 10.5 Å². The van der Waals surface area contributed by atoms with E-state index in [2.05, 4.69) is 5.32 Å². The summed E-state index contributed by atoms with van der Waals surface area (Å²) in [5, 5.41) is 12.4. The van der Waals surface area contributed by atoms with Crippen molar-refractivity contribution < 1.29 is 23.1 Å². The van der Waals surface area contributed by atoms with Gasteiger partial charge >= 0.3 is 6.09 Å². The van der Waals surface area contributed by atoms with Crippen LogP contribution >= 0.6 is 0 Å². The lowest BCUT2D eigenvalue weighted by Gasteiger charge is -2.15. The molecule has 0 fully saturated rings. The van der Waals surface area contributed by atoms with Crippen LogP contribution in [0.25, 0.3) is 11.1 Å². The van der Waals surface area contributed by atoms with Gasteiger partial charge in [0.1, 0.15) is 12.4 Å². The highest BCUT2D eigenvalue weighted by Gasteiger charge is 2.29. The Morgan fingerprint density at radius 3 is 2.20 bits per heavy atom. The van der Waals surface area contributed by atoms with Crippen LogP contribution in [0.3, 0.4) is 0 Å². The minimum absolute atomic E-state index is 0.0123. The average Bonchev–Trinajstić information content (AvgIpc) is 3.07. The Bertz CT molecular complexity index is 1170. The van der Waals surface area contributed by atoms with E-state index >= 15 is 0 Å². The first-order chi connectivity index (χ1) is 14.4. The van der Waals surface area contributed by atoms with Crippen molar-refractivity contribution in [2.45, 2.75) is 17.7 Å². The fourth-order valence-electron chi connectivity index (χ4n) is 3.72. The number of aromatic hydroxyl groups is 1. The van der Waals surface area contributed by atoms with Gasteiger partial charge in [0.2, 0.25) is 0 Å². The molecule has 7 heteroatoms. The van der Waals surface area contributed by atoms with Gasteiger partial charge in [-0.15, -0.1) is 0 Å². The molecule has 0 unspecified atom stereocenters. The molecular weight excluding hydrogens is 402 g/mol. The molecule has 4 rings (SSSR count). The standard InChI is InChI=1S/C23H21NO5S/c1-2-30(27,28)15-11-12-22(25)21(13-15)24-23(26)29-14-20-18-9-5-3-7-16(18)17-8-4-6-10-19(17)20/h3-13,20,25H,2,14H2,1H3,(H,24,26). The van der Waals surface area contributed by atoms with Crippen molar-refractivity contribution in [3.8, 4) is 16.9 Å². The van der Waals surface area contributed by atoms with Crippen molar-refractivity contribution in [3.05, 3.63) is 77.9 Å². The van der Waals surface area contributed by atoms with Crippen LogP contribution in [0.1, 0.15) is 24.0 Å². The molecule has 2 N–H and O–H groups in total. The van der Waals surface area contributed by atoms with Gasteiger partial charge in [0.05, 0.1) is 16.3 Å². The molecule has 0 aliphatic heterocycles. The molecule has 1 aliphatic carbocycles. The Kier molecular flexibility index (Phi) is 5.22. The number of phenolic OH excluding ortho intramolecular Hbond substituents is 1. The van der Waals surface area contributed by atoms with E-state index in [0.717, 1.165) is 22.3 Å². The van der Waals surface area contributed by atoms with Crippen LogP contribution < -0.4 is 5.32 Å². The predicted octanol–water partition coefficient (Wildman–Crippen LogP) is 4.55. The molecule has 6 nitrogen and oxygen atoms in total. The number of carbonyl (C=O) groups is 1. The Morgan fingerprint density at radius 2 is 1.60 bits per heavy atom. The van der Waals surface area contributed by atoms with E-state index in [1.807, 2.05) is 48.5 Å². The topological polar surface area (TPSA) is 92.7 Å². The molecule has 154 valence electrons. The van der Waals surface area contributed by atoms with Crippen LogP contribution in [-0.4, -0.2) is 32.0 Å². The third kappa shape index (κ3) is 3.64. The normalized spacial score (nSPS) is 12.8. The third-order valence-electron chi connectivity index (χ3n) is 5.29. The van der Waals surface area contributed by atoms with Crippen molar-refractivity contribution >= 4 is 21.6 Å². The van der Waals surface area contributed by atoms with Crippen molar-refractivity contribution in [1.29, 1.82) is 0 Å². The van der Waals surface area contributed by atoms with E-state index in [-0.39, 0.29) is 34.6 Å². The SMILES string of the molecule is CCS(=O)(=O)c1ccc(O)c(NC(=O)OCC2c3ccccc3-c3ccccc32)c1. The molecule has 3 aromatic rings. The zero-order valence-corrected chi connectivity index (χ0v) is 17.1. The van der Waals surface area contributed by atoms with Gasteiger partial charge in [0, 0.05) is 5.92 Å². The predicted molar refractivity (Wildman–Crippen MR) is 115 cm³/mol. The number of rotatable bonds is 5. The maximum Gasteiger partial charge on any atom is 0.411 e. The van der Waals surface area contributed by atoms with E-state index in [1.54, 1.807) is 0 Å². The summed E-state index contributed by atoms with van der Waals surface area (Å²) < 4.78 is 29.6. The van der Waals surface area contributed by atoms with Crippen LogP contribution in [0.2, 0.25) is 0 Å². The molecule has 0 bridgehead atoms. The molecule has 1 aliphatic rings. The van der Waals surface area contributed by atoms with Crippen molar-refractivity contribution in [3.63, 3.8) is 0 Å². The number of ether oxygens (including phenoxy) is 1. The minimum atomic E-state index is -3.47. The number of amides is 1. The molecular formula is C23H21NO5S. The number of hydrogen-bond donors (Lipinski definition) is 2. The smallest absolute Gasteiger partial charge is 0.411 e. The fraction of sp³-hybridized carbons (Fsp3) is 0.174. The second-order valence-electron chi connectivity index (χ2n) is 7.03. The monoisotopic (exact) mass is 423 g/mol. The molecule has 0 saturated heterocycles. The molecule has 0 saturated carbocycles. The summed E-state index contributed by atoms with van der Waals surface area (Å²) in [5.74, 6) is -0.413. The molecule has 1 amide bonds. The summed E-state index contributed by atoms with van der Waals surface area (Å²) in [6.45, 7) is 1.65. The first kappa shape index (κ1) is 20.0. The van der Waals surface area contributed by atoms with Crippen molar-refractivity contribution in [1.82, 2.24) is 0 Å². The quantitative estimate of drug-likeness (QED) is 0.588. The van der Waals surface area contributed by atoms with Crippen LogP contribution in [0, 0.1) is 0 Å². The number of nitrogens with one attached hydrogen (secondary N) is 1. The number of hydrogen-bond acceptors (Lipinski definition) is 5. The Balaban J connectivity index is 1.51. The summed E-state index contributed by atoms with van der Waals surface area (Å²) >= 11 is 0. The van der Waals surface area contributed by atoms with Gasteiger partial charge in [-0.3, -0.25) is 5.32 Å². The summed E-state index contributed by atoms with van der Waals surface area (Å²) in [7, 11) is -3.47. The number of sulfone groups is 1. The van der Waals surface area contributed by atoms with Gasteiger partial charge in [-0.05, 0) is 40.5 Å². The third-order valence-corrected chi connectivity index (χ3v) is 7.02. The lowest BCUT2D eigenvalue weighted by atomic mass is 9.98. The van der Waals surface area contributed by atoms with E-state index in [0.29, 0.717) is 0 Å². The Labute approximate surface area is 175 Å². The highest BCUT2D eigenvalue weighted by atomic mass is 32.2. The van der Waals surface area contributed by atoms with Crippen molar-refractivity contribution in [2.75, 3.05) is 17.7 Å².